The molecule has 1 aliphatic carbocycles. The van der Waals surface area contributed by atoms with Crippen molar-refractivity contribution in [1.82, 2.24) is 0 Å². The van der Waals surface area contributed by atoms with Crippen molar-refractivity contribution in [3.05, 3.63) is 53.1 Å². The number of carbonyl (C=O) groups excluding carboxylic acids is 2. The van der Waals surface area contributed by atoms with Crippen LogP contribution in [0.15, 0.2) is 47.6 Å². The average molecular weight is 342 g/mol. The Morgan fingerprint density at radius 3 is 2.16 bits per heavy atom. The molecule has 1 aromatic rings. The largest absolute Gasteiger partial charge is 0.465 e. The maximum absolute atomic E-state index is 12.6. The van der Waals surface area contributed by atoms with Gasteiger partial charge in [-0.1, -0.05) is 42.5 Å². The van der Waals surface area contributed by atoms with Crippen molar-refractivity contribution < 1.29 is 19.1 Å². The normalized spacial score (nSPS) is 19.6. The van der Waals surface area contributed by atoms with Gasteiger partial charge in [0.2, 0.25) is 0 Å². The molecule has 0 aromatic heterocycles. The van der Waals surface area contributed by atoms with Crippen molar-refractivity contribution in [1.29, 1.82) is 0 Å². The summed E-state index contributed by atoms with van der Waals surface area (Å²) in [6, 6.07) is 10.0. The van der Waals surface area contributed by atoms with Crippen LogP contribution < -0.4 is 0 Å². The predicted octanol–water partition coefficient (Wildman–Crippen LogP) is 4.31. The van der Waals surface area contributed by atoms with E-state index in [1.165, 1.54) is 0 Å². The second kappa shape index (κ2) is 8.65. The zero-order valence-electron chi connectivity index (χ0n) is 15.2. The number of hydrogen-bond donors (Lipinski definition) is 0. The lowest BCUT2D eigenvalue weighted by atomic mass is 9.69. The second-order valence-electron chi connectivity index (χ2n) is 6.09. The van der Waals surface area contributed by atoms with Gasteiger partial charge in [-0.3, -0.25) is 9.59 Å². The number of carbonyl (C=O) groups is 2. The lowest BCUT2D eigenvalue weighted by Crippen LogP contribution is -2.44. The molecule has 0 radical (unpaired) electrons. The van der Waals surface area contributed by atoms with Gasteiger partial charge >= 0.3 is 11.9 Å². The monoisotopic (exact) mass is 342 g/mol. The third kappa shape index (κ3) is 4.19. The van der Waals surface area contributed by atoms with Crippen molar-refractivity contribution >= 4 is 18.0 Å². The summed E-state index contributed by atoms with van der Waals surface area (Å²) in [7, 11) is 0. The first-order chi connectivity index (χ1) is 12.1. The van der Waals surface area contributed by atoms with Gasteiger partial charge in [-0.05, 0) is 56.7 Å². The van der Waals surface area contributed by atoms with E-state index in [1.807, 2.05) is 43.3 Å². The topological polar surface area (TPSA) is 52.6 Å². The van der Waals surface area contributed by atoms with Gasteiger partial charge in [-0.2, -0.15) is 0 Å². The van der Waals surface area contributed by atoms with E-state index in [0.717, 1.165) is 16.7 Å². The minimum atomic E-state index is -1.23. The molecule has 4 nitrogen and oxygen atoms in total. The van der Waals surface area contributed by atoms with Crippen LogP contribution >= 0.6 is 0 Å². The third-order valence-corrected chi connectivity index (χ3v) is 4.55. The predicted molar refractivity (Wildman–Crippen MR) is 97.7 cm³/mol. The third-order valence-electron chi connectivity index (χ3n) is 4.55. The Labute approximate surface area is 149 Å². The maximum atomic E-state index is 12.6. The van der Waals surface area contributed by atoms with Crippen molar-refractivity contribution in [2.75, 3.05) is 13.2 Å². The summed E-state index contributed by atoms with van der Waals surface area (Å²) < 4.78 is 10.4. The first kappa shape index (κ1) is 19.0. The van der Waals surface area contributed by atoms with Gasteiger partial charge in [-0.15, -0.1) is 0 Å². The van der Waals surface area contributed by atoms with Crippen LogP contribution in [0.2, 0.25) is 0 Å². The molecule has 25 heavy (non-hydrogen) atoms. The Balaban J connectivity index is 2.34. The van der Waals surface area contributed by atoms with E-state index < -0.39 is 17.4 Å². The van der Waals surface area contributed by atoms with Crippen LogP contribution in [0.25, 0.3) is 6.08 Å². The highest BCUT2D eigenvalue weighted by molar-refractivity contribution is 6.01. The molecular weight excluding hydrogens is 316 g/mol. The van der Waals surface area contributed by atoms with Crippen LogP contribution in [0.5, 0.6) is 0 Å². The lowest BCUT2D eigenvalue weighted by molar-refractivity contribution is -0.173. The van der Waals surface area contributed by atoms with Gasteiger partial charge in [-0.25, -0.2) is 0 Å². The molecule has 0 atom stereocenters. The molecule has 1 saturated carbocycles. The Morgan fingerprint density at radius 2 is 1.64 bits per heavy atom. The van der Waals surface area contributed by atoms with E-state index in [9.17, 15) is 9.59 Å². The van der Waals surface area contributed by atoms with E-state index in [1.54, 1.807) is 13.8 Å². The average Bonchev–Trinajstić information content (AvgIpc) is 2.63. The maximum Gasteiger partial charge on any atom is 0.323 e. The van der Waals surface area contributed by atoms with E-state index in [4.69, 9.17) is 9.47 Å². The van der Waals surface area contributed by atoms with Crippen LogP contribution in [-0.4, -0.2) is 25.2 Å². The van der Waals surface area contributed by atoms with Crippen LogP contribution in [-0.2, 0) is 19.1 Å². The van der Waals surface area contributed by atoms with Crippen LogP contribution in [0.3, 0.4) is 0 Å². The van der Waals surface area contributed by atoms with E-state index in [-0.39, 0.29) is 13.2 Å². The van der Waals surface area contributed by atoms with Crippen LogP contribution in [0.1, 0.15) is 45.6 Å². The molecule has 0 saturated heterocycles. The SMILES string of the molecule is C/C=C1\CC(C(=O)OCC)(C(=O)OCC)CC\C1=C\c1ccccc1. The smallest absolute Gasteiger partial charge is 0.323 e. The fraction of sp³-hybridized carbons (Fsp3) is 0.429. The highest BCUT2D eigenvalue weighted by atomic mass is 16.6. The molecule has 2 rings (SSSR count). The van der Waals surface area contributed by atoms with Crippen molar-refractivity contribution in [3.63, 3.8) is 0 Å². The number of ether oxygens (including phenoxy) is 2. The number of esters is 2. The van der Waals surface area contributed by atoms with E-state index in [0.29, 0.717) is 19.3 Å². The Morgan fingerprint density at radius 1 is 1.04 bits per heavy atom. The van der Waals surface area contributed by atoms with E-state index in [2.05, 4.69) is 6.08 Å². The summed E-state index contributed by atoms with van der Waals surface area (Å²) in [5, 5.41) is 0. The molecule has 0 amide bonds. The first-order valence-electron chi connectivity index (χ1n) is 8.83. The molecule has 0 bridgehead atoms. The highest BCUT2D eigenvalue weighted by Gasteiger charge is 2.51. The van der Waals surface area contributed by atoms with Gasteiger partial charge < -0.3 is 9.47 Å². The molecule has 1 fully saturated rings. The van der Waals surface area contributed by atoms with Gasteiger partial charge in [0.05, 0.1) is 13.2 Å². The molecule has 134 valence electrons. The van der Waals surface area contributed by atoms with E-state index >= 15 is 0 Å². The second-order valence-corrected chi connectivity index (χ2v) is 6.09. The van der Waals surface area contributed by atoms with Crippen molar-refractivity contribution in [2.24, 2.45) is 5.41 Å². The minimum Gasteiger partial charge on any atom is -0.465 e. The van der Waals surface area contributed by atoms with Crippen LogP contribution in [0.4, 0.5) is 0 Å². The van der Waals surface area contributed by atoms with Crippen molar-refractivity contribution in [2.45, 2.75) is 40.0 Å². The molecule has 1 aliphatic rings. The highest BCUT2D eigenvalue weighted by Crippen LogP contribution is 2.44. The molecular formula is C21H26O4. The number of hydrogen-bond acceptors (Lipinski definition) is 4. The molecule has 0 N–H and O–H groups in total. The molecule has 0 spiro atoms. The van der Waals surface area contributed by atoms with Gasteiger partial charge in [0.1, 0.15) is 0 Å². The number of benzene rings is 1. The summed E-state index contributed by atoms with van der Waals surface area (Å²) in [6.45, 7) is 5.92. The molecule has 0 aliphatic heterocycles. The van der Waals surface area contributed by atoms with Gasteiger partial charge in [0, 0.05) is 0 Å². The molecule has 0 heterocycles. The Hall–Kier alpha value is -2.36. The van der Waals surface area contributed by atoms with Gasteiger partial charge in [0.25, 0.3) is 0 Å². The quantitative estimate of drug-likeness (QED) is 0.591. The molecule has 0 unspecified atom stereocenters. The fourth-order valence-corrected chi connectivity index (χ4v) is 3.21. The lowest BCUT2D eigenvalue weighted by Gasteiger charge is -2.35. The summed E-state index contributed by atoms with van der Waals surface area (Å²) in [4.78, 5) is 25.2. The zero-order valence-corrected chi connectivity index (χ0v) is 15.2. The zero-order chi connectivity index (χ0) is 18.3. The summed E-state index contributed by atoms with van der Waals surface area (Å²) in [5.41, 5.74) is 2.02. The first-order valence-corrected chi connectivity index (χ1v) is 8.83. The van der Waals surface area contributed by atoms with Crippen LogP contribution in [0, 0.1) is 5.41 Å². The summed E-state index contributed by atoms with van der Waals surface area (Å²) in [5.74, 6) is -0.960. The summed E-state index contributed by atoms with van der Waals surface area (Å²) >= 11 is 0. The fourth-order valence-electron chi connectivity index (χ4n) is 3.21. The van der Waals surface area contributed by atoms with Gasteiger partial charge in [0.15, 0.2) is 5.41 Å². The minimum absolute atomic E-state index is 0.248. The van der Waals surface area contributed by atoms with Crippen molar-refractivity contribution in [3.8, 4) is 0 Å². The standard InChI is InChI=1S/C21H26O4/c1-4-17-15-21(19(22)24-5-2,20(23)25-6-3)13-12-18(17)14-16-10-8-7-9-11-16/h4,7-11,14H,5-6,12-13,15H2,1-3H3/b17-4+,18-14-. The molecule has 1 aromatic carbocycles. The Bertz CT molecular complexity index is 652. The Kier molecular flexibility index (Phi) is 6.57. The molecule has 4 heteroatoms. The number of rotatable bonds is 5. The number of allylic oxidation sites excluding steroid dienone is 3. The summed E-state index contributed by atoms with van der Waals surface area (Å²) in [6.07, 6.45) is 5.45.